The lowest BCUT2D eigenvalue weighted by molar-refractivity contribution is -0.133. The van der Waals surface area contributed by atoms with Gasteiger partial charge in [0.15, 0.2) is 0 Å². The minimum atomic E-state index is -0.428. The van der Waals surface area contributed by atoms with Crippen LogP contribution in [0.2, 0.25) is 0 Å². The molecule has 4 heteroatoms. The van der Waals surface area contributed by atoms with Gasteiger partial charge in [-0.15, -0.1) is 0 Å². The van der Waals surface area contributed by atoms with Crippen LogP contribution < -0.4 is 0 Å². The second-order valence-corrected chi connectivity index (χ2v) is 7.86. The number of hydrogen-bond donors (Lipinski definition) is 0. The molecule has 1 aliphatic carbocycles. The molecule has 2 heterocycles. The van der Waals surface area contributed by atoms with Crippen LogP contribution in [0.1, 0.15) is 44.1 Å². The van der Waals surface area contributed by atoms with E-state index in [0.717, 1.165) is 44.5 Å². The molecule has 1 aromatic carbocycles. The van der Waals surface area contributed by atoms with E-state index in [1.54, 1.807) is 12.1 Å². The van der Waals surface area contributed by atoms with Crippen molar-refractivity contribution in [2.75, 3.05) is 32.7 Å². The third-order valence-corrected chi connectivity index (χ3v) is 6.07. The molecule has 0 N–H and O–H groups in total. The zero-order valence-electron chi connectivity index (χ0n) is 14.3. The van der Waals surface area contributed by atoms with Crippen LogP contribution >= 0.6 is 0 Å². The number of rotatable bonds is 4. The first-order valence-corrected chi connectivity index (χ1v) is 9.45. The van der Waals surface area contributed by atoms with E-state index < -0.39 is 5.41 Å². The fraction of sp³-hybridized carbons (Fsp3) is 0.650. The quantitative estimate of drug-likeness (QED) is 0.846. The molecule has 2 saturated heterocycles. The molecule has 0 unspecified atom stereocenters. The number of halogens is 1. The Morgan fingerprint density at radius 2 is 1.96 bits per heavy atom. The topological polar surface area (TPSA) is 23.6 Å². The molecule has 3 nitrogen and oxygen atoms in total. The molecule has 1 atom stereocenters. The van der Waals surface area contributed by atoms with Gasteiger partial charge in [-0.25, -0.2) is 4.39 Å². The number of piperidine rings is 1. The standard InChI is InChI=1S/C20H27FN2O/c21-18-6-4-5-17(13-18)20(8-9-20)19(24)23-12-7-16(15-23)14-22-10-2-1-3-11-22/h4-6,13,16H,1-3,7-12,14-15H2/t16-/m1/s1. The SMILES string of the molecule is O=C(N1CC[C@H](CN2CCCCC2)C1)C1(c2cccc(F)c2)CC1. The van der Waals surface area contributed by atoms with Crippen molar-refractivity contribution in [3.05, 3.63) is 35.6 Å². The molecule has 0 radical (unpaired) electrons. The van der Waals surface area contributed by atoms with E-state index in [-0.39, 0.29) is 11.7 Å². The Labute approximate surface area is 143 Å². The highest BCUT2D eigenvalue weighted by Crippen LogP contribution is 2.50. The van der Waals surface area contributed by atoms with Crippen LogP contribution in [0.4, 0.5) is 4.39 Å². The monoisotopic (exact) mass is 330 g/mol. The molecule has 1 aromatic rings. The van der Waals surface area contributed by atoms with Crippen LogP contribution in [-0.2, 0) is 10.2 Å². The van der Waals surface area contributed by atoms with Gasteiger partial charge in [-0.2, -0.15) is 0 Å². The molecule has 3 aliphatic rings. The van der Waals surface area contributed by atoms with Gasteiger partial charge in [0.1, 0.15) is 5.82 Å². The maximum absolute atomic E-state index is 13.6. The van der Waals surface area contributed by atoms with Crippen molar-refractivity contribution in [3.63, 3.8) is 0 Å². The van der Waals surface area contributed by atoms with E-state index in [9.17, 15) is 9.18 Å². The summed E-state index contributed by atoms with van der Waals surface area (Å²) in [6, 6.07) is 6.64. The second-order valence-electron chi connectivity index (χ2n) is 7.86. The van der Waals surface area contributed by atoms with E-state index in [2.05, 4.69) is 4.90 Å². The first-order chi connectivity index (χ1) is 11.7. The lowest BCUT2D eigenvalue weighted by Crippen LogP contribution is -2.39. The average molecular weight is 330 g/mol. The van der Waals surface area contributed by atoms with Crippen molar-refractivity contribution in [2.45, 2.75) is 43.9 Å². The molecule has 3 fully saturated rings. The summed E-state index contributed by atoms with van der Waals surface area (Å²) in [6.07, 6.45) is 6.84. The number of nitrogens with zero attached hydrogens (tertiary/aromatic N) is 2. The molecule has 1 saturated carbocycles. The third kappa shape index (κ3) is 3.08. The summed E-state index contributed by atoms with van der Waals surface area (Å²) in [5.74, 6) is 0.598. The molecule has 0 aromatic heterocycles. The Hall–Kier alpha value is -1.42. The summed E-state index contributed by atoms with van der Waals surface area (Å²) in [5, 5.41) is 0. The van der Waals surface area contributed by atoms with Crippen LogP contribution in [0.25, 0.3) is 0 Å². The van der Waals surface area contributed by atoms with Gasteiger partial charge in [-0.1, -0.05) is 18.6 Å². The number of hydrogen-bond acceptors (Lipinski definition) is 2. The van der Waals surface area contributed by atoms with Crippen molar-refractivity contribution in [3.8, 4) is 0 Å². The van der Waals surface area contributed by atoms with Gasteiger partial charge in [-0.05, 0) is 68.8 Å². The largest absolute Gasteiger partial charge is 0.342 e. The molecular formula is C20H27FN2O. The van der Waals surface area contributed by atoms with E-state index in [0.29, 0.717) is 5.92 Å². The van der Waals surface area contributed by atoms with E-state index >= 15 is 0 Å². The highest BCUT2D eigenvalue weighted by Gasteiger charge is 2.53. The van der Waals surface area contributed by atoms with Gasteiger partial charge < -0.3 is 9.80 Å². The van der Waals surface area contributed by atoms with E-state index in [1.807, 2.05) is 11.0 Å². The highest BCUT2D eigenvalue weighted by atomic mass is 19.1. The summed E-state index contributed by atoms with van der Waals surface area (Å²) in [5.41, 5.74) is 0.439. The van der Waals surface area contributed by atoms with Gasteiger partial charge in [0, 0.05) is 19.6 Å². The van der Waals surface area contributed by atoms with Crippen molar-refractivity contribution in [1.29, 1.82) is 0 Å². The fourth-order valence-corrected chi connectivity index (χ4v) is 4.51. The molecule has 4 rings (SSSR count). The molecule has 24 heavy (non-hydrogen) atoms. The first-order valence-electron chi connectivity index (χ1n) is 9.45. The van der Waals surface area contributed by atoms with Crippen LogP contribution in [0.3, 0.4) is 0 Å². The molecular weight excluding hydrogens is 303 g/mol. The minimum Gasteiger partial charge on any atom is -0.342 e. The van der Waals surface area contributed by atoms with E-state index in [1.165, 1.54) is 38.4 Å². The van der Waals surface area contributed by atoms with Crippen LogP contribution in [-0.4, -0.2) is 48.4 Å². The second kappa shape index (κ2) is 6.47. The maximum atomic E-state index is 13.6. The normalized spacial score (nSPS) is 26.5. The smallest absolute Gasteiger partial charge is 0.233 e. The van der Waals surface area contributed by atoms with Gasteiger partial charge in [0.2, 0.25) is 5.91 Å². The van der Waals surface area contributed by atoms with Crippen LogP contribution in [0, 0.1) is 11.7 Å². The summed E-state index contributed by atoms with van der Waals surface area (Å²) in [4.78, 5) is 17.7. The predicted octanol–water partition coefficient (Wildman–Crippen LogP) is 3.19. The van der Waals surface area contributed by atoms with Crippen molar-refractivity contribution >= 4 is 5.91 Å². The van der Waals surface area contributed by atoms with Crippen molar-refractivity contribution in [1.82, 2.24) is 9.80 Å². The summed E-state index contributed by atoms with van der Waals surface area (Å²) < 4.78 is 13.6. The Balaban J connectivity index is 1.39. The number of likely N-dealkylation sites (tertiary alicyclic amines) is 2. The molecule has 1 amide bonds. The summed E-state index contributed by atoms with van der Waals surface area (Å²) in [6.45, 7) is 5.33. The zero-order chi connectivity index (χ0) is 16.6. The van der Waals surface area contributed by atoms with Crippen molar-refractivity contribution in [2.24, 2.45) is 5.92 Å². The first kappa shape index (κ1) is 16.1. The Morgan fingerprint density at radius 1 is 1.17 bits per heavy atom. The minimum absolute atomic E-state index is 0.231. The number of benzene rings is 1. The Kier molecular flexibility index (Phi) is 4.33. The highest BCUT2D eigenvalue weighted by molar-refractivity contribution is 5.91. The van der Waals surface area contributed by atoms with Gasteiger partial charge >= 0.3 is 0 Å². The van der Waals surface area contributed by atoms with Crippen molar-refractivity contribution < 1.29 is 9.18 Å². The van der Waals surface area contributed by atoms with E-state index in [4.69, 9.17) is 0 Å². The van der Waals surface area contributed by atoms with Gasteiger partial charge in [-0.3, -0.25) is 4.79 Å². The summed E-state index contributed by atoms with van der Waals surface area (Å²) in [7, 11) is 0. The lowest BCUT2D eigenvalue weighted by atomic mass is 9.94. The molecule has 0 spiro atoms. The molecule has 130 valence electrons. The van der Waals surface area contributed by atoms with Crippen LogP contribution in [0.15, 0.2) is 24.3 Å². The molecule has 2 aliphatic heterocycles. The Bertz CT molecular complexity index is 607. The number of carbonyl (C=O) groups excluding carboxylic acids is 1. The fourth-order valence-electron chi connectivity index (χ4n) is 4.51. The predicted molar refractivity (Wildman–Crippen MR) is 92.3 cm³/mol. The Morgan fingerprint density at radius 3 is 2.67 bits per heavy atom. The molecule has 0 bridgehead atoms. The maximum Gasteiger partial charge on any atom is 0.233 e. The average Bonchev–Trinajstić information content (AvgIpc) is 3.29. The third-order valence-electron chi connectivity index (χ3n) is 6.07. The lowest BCUT2D eigenvalue weighted by Gasteiger charge is -2.29. The van der Waals surface area contributed by atoms with Gasteiger partial charge in [0.05, 0.1) is 5.41 Å². The van der Waals surface area contributed by atoms with Crippen LogP contribution in [0.5, 0.6) is 0 Å². The zero-order valence-corrected chi connectivity index (χ0v) is 14.3. The summed E-state index contributed by atoms with van der Waals surface area (Å²) >= 11 is 0. The number of carbonyl (C=O) groups is 1. The van der Waals surface area contributed by atoms with Gasteiger partial charge in [0.25, 0.3) is 0 Å². The number of amides is 1.